The summed E-state index contributed by atoms with van der Waals surface area (Å²) in [4.78, 5) is 27.5. The van der Waals surface area contributed by atoms with Crippen molar-refractivity contribution in [1.82, 2.24) is 19.9 Å². The molecule has 0 fully saturated rings. The number of hydrogen-bond acceptors (Lipinski definition) is 8. The highest BCUT2D eigenvalue weighted by molar-refractivity contribution is 5.86. The van der Waals surface area contributed by atoms with Crippen LogP contribution in [0, 0.1) is 0 Å². The van der Waals surface area contributed by atoms with Crippen LogP contribution in [0.1, 0.15) is 32.1 Å². The number of anilines is 4. The van der Waals surface area contributed by atoms with E-state index >= 15 is 0 Å². The first kappa shape index (κ1) is 23.2. The van der Waals surface area contributed by atoms with Crippen LogP contribution in [0.15, 0.2) is 60.9 Å². The molecule has 0 amide bonds. The molecule has 0 saturated heterocycles. The number of para-hydroxylation sites is 1. The average Bonchev–Trinajstić information content (AvgIpc) is 3.34. The first-order chi connectivity index (χ1) is 16.7. The predicted octanol–water partition coefficient (Wildman–Crippen LogP) is 4.73. The number of ketones is 1. The summed E-state index contributed by atoms with van der Waals surface area (Å²) in [6.07, 6.45) is 5.73. The Labute approximate surface area is 197 Å². The summed E-state index contributed by atoms with van der Waals surface area (Å²) in [6, 6.07) is 17.4. The number of nitrogens with one attached hydrogen (secondary N) is 3. The van der Waals surface area contributed by atoms with Crippen LogP contribution in [0.5, 0.6) is 5.75 Å². The molecule has 2 aromatic carbocycles. The fraction of sp³-hybridized carbons (Fsp3) is 0.280. The van der Waals surface area contributed by atoms with Gasteiger partial charge in [0.25, 0.3) is 0 Å². The number of carbonyl (C=O) groups is 1. The molecule has 2 aromatic heterocycles. The van der Waals surface area contributed by atoms with Gasteiger partial charge in [-0.25, -0.2) is 4.98 Å². The molecule has 0 spiro atoms. The molecular formula is C25H28N6O3. The summed E-state index contributed by atoms with van der Waals surface area (Å²) in [5.41, 5.74) is 3.06. The van der Waals surface area contributed by atoms with E-state index in [2.05, 4.69) is 30.6 Å². The number of nitrogens with zero attached hydrogens (tertiary/aromatic N) is 3. The SMILES string of the molecule is O=C(CO)CCCCCCOc1ccc(Nc2nc(Nc3ccccc3)c3[nH]cnc3n2)cc1. The number of imidazole rings is 1. The number of carbonyl (C=O) groups excluding carboxylic acids is 1. The van der Waals surface area contributed by atoms with E-state index in [9.17, 15) is 4.79 Å². The van der Waals surface area contributed by atoms with E-state index in [1.54, 1.807) is 6.33 Å². The zero-order valence-corrected chi connectivity index (χ0v) is 18.8. The Balaban J connectivity index is 1.30. The van der Waals surface area contributed by atoms with Gasteiger partial charge in [0, 0.05) is 17.8 Å². The number of ether oxygens (including phenoxy) is 1. The molecule has 4 N–H and O–H groups in total. The third-order valence-electron chi connectivity index (χ3n) is 5.23. The maximum absolute atomic E-state index is 11.1. The zero-order chi connectivity index (χ0) is 23.6. The van der Waals surface area contributed by atoms with Gasteiger partial charge in [-0.1, -0.05) is 31.0 Å². The molecular weight excluding hydrogens is 432 g/mol. The topological polar surface area (TPSA) is 125 Å². The monoisotopic (exact) mass is 460 g/mol. The Hall–Kier alpha value is -3.98. The highest BCUT2D eigenvalue weighted by Gasteiger charge is 2.11. The van der Waals surface area contributed by atoms with Crippen molar-refractivity contribution in [3.8, 4) is 5.75 Å². The number of unbranched alkanes of at least 4 members (excludes halogenated alkanes) is 3. The minimum Gasteiger partial charge on any atom is -0.494 e. The van der Waals surface area contributed by atoms with E-state index in [-0.39, 0.29) is 12.4 Å². The molecule has 0 saturated carbocycles. The largest absolute Gasteiger partial charge is 0.494 e. The smallest absolute Gasteiger partial charge is 0.231 e. The summed E-state index contributed by atoms with van der Waals surface area (Å²) in [5.74, 6) is 1.77. The number of aliphatic hydroxyl groups is 1. The van der Waals surface area contributed by atoms with E-state index in [1.165, 1.54) is 0 Å². The number of H-pyrrole nitrogens is 1. The normalized spacial score (nSPS) is 10.9. The van der Waals surface area contributed by atoms with E-state index in [0.29, 0.717) is 30.4 Å². The lowest BCUT2D eigenvalue weighted by Crippen LogP contribution is -2.03. The van der Waals surface area contributed by atoms with Crippen molar-refractivity contribution in [2.75, 3.05) is 23.8 Å². The van der Waals surface area contributed by atoms with Crippen LogP contribution < -0.4 is 15.4 Å². The van der Waals surface area contributed by atoms with Crippen LogP contribution in [0.3, 0.4) is 0 Å². The zero-order valence-electron chi connectivity index (χ0n) is 18.8. The Bertz CT molecular complexity index is 1190. The van der Waals surface area contributed by atoms with Gasteiger partial charge in [-0.3, -0.25) is 4.79 Å². The summed E-state index contributed by atoms with van der Waals surface area (Å²) in [7, 11) is 0. The van der Waals surface area contributed by atoms with Crippen molar-refractivity contribution < 1.29 is 14.6 Å². The van der Waals surface area contributed by atoms with E-state index in [4.69, 9.17) is 9.84 Å². The van der Waals surface area contributed by atoms with Crippen molar-refractivity contribution in [1.29, 1.82) is 0 Å². The highest BCUT2D eigenvalue weighted by atomic mass is 16.5. The molecule has 34 heavy (non-hydrogen) atoms. The van der Waals surface area contributed by atoms with Crippen molar-refractivity contribution in [3.63, 3.8) is 0 Å². The molecule has 0 atom stereocenters. The van der Waals surface area contributed by atoms with Crippen molar-refractivity contribution in [2.45, 2.75) is 32.1 Å². The molecule has 0 unspecified atom stereocenters. The molecule has 0 aliphatic carbocycles. The molecule has 0 bridgehead atoms. The molecule has 0 radical (unpaired) electrons. The second-order valence-corrected chi connectivity index (χ2v) is 7.85. The van der Waals surface area contributed by atoms with Gasteiger partial charge < -0.3 is 25.5 Å². The predicted molar refractivity (Wildman–Crippen MR) is 132 cm³/mol. The maximum Gasteiger partial charge on any atom is 0.231 e. The van der Waals surface area contributed by atoms with Gasteiger partial charge in [0.05, 0.1) is 12.9 Å². The second kappa shape index (κ2) is 11.8. The van der Waals surface area contributed by atoms with Gasteiger partial charge in [0.2, 0.25) is 5.95 Å². The van der Waals surface area contributed by atoms with Gasteiger partial charge in [-0.15, -0.1) is 0 Å². The Morgan fingerprint density at radius 3 is 2.47 bits per heavy atom. The number of aromatic nitrogens is 4. The molecule has 0 aliphatic heterocycles. The van der Waals surface area contributed by atoms with Crippen molar-refractivity contribution >= 4 is 40.1 Å². The number of fused-ring (bicyclic) bond motifs is 1. The second-order valence-electron chi connectivity index (χ2n) is 7.85. The molecule has 176 valence electrons. The minimum atomic E-state index is -0.358. The summed E-state index contributed by atoms with van der Waals surface area (Å²) in [6.45, 7) is 0.262. The van der Waals surface area contributed by atoms with Gasteiger partial charge in [0.1, 0.15) is 17.9 Å². The van der Waals surface area contributed by atoms with Crippen LogP contribution in [0.25, 0.3) is 11.2 Å². The Morgan fingerprint density at radius 2 is 1.68 bits per heavy atom. The van der Waals surface area contributed by atoms with E-state index in [1.807, 2.05) is 54.6 Å². The number of rotatable bonds is 13. The lowest BCUT2D eigenvalue weighted by atomic mass is 10.1. The molecule has 9 heteroatoms. The molecule has 0 aliphatic rings. The van der Waals surface area contributed by atoms with Gasteiger partial charge >= 0.3 is 0 Å². The minimum absolute atomic E-state index is 0.0942. The molecule has 4 aromatic rings. The van der Waals surface area contributed by atoms with Gasteiger partial charge in [-0.2, -0.15) is 9.97 Å². The third kappa shape index (κ3) is 6.52. The molecule has 9 nitrogen and oxygen atoms in total. The standard InChI is InChI=1S/C25H28N6O3/c32-16-20(33)10-6-1-2-7-15-34-21-13-11-19(12-14-21)29-25-30-23-22(26-17-27-23)24(31-25)28-18-8-4-3-5-9-18/h3-5,8-9,11-14,17,32H,1-2,6-7,10,15-16H2,(H3,26,27,28,29,30,31). The van der Waals surface area contributed by atoms with Crippen LogP contribution in [-0.4, -0.2) is 44.0 Å². The number of Topliss-reactive ketones (excluding diaryl/α,β-unsaturated/α-hetero) is 1. The number of aromatic amines is 1. The Kier molecular flexibility index (Phi) is 8.02. The van der Waals surface area contributed by atoms with Crippen LogP contribution >= 0.6 is 0 Å². The molecule has 4 rings (SSSR count). The van der Waals surface area contributed by atoms with Crippen LogP contribution in [-0.2, 0) is 4.79 Å². The fourth-order valence-electron chi connectivity index (χ4n) is 3.45. The van der Waals surface area contributed by atoms with Crippen LogP contribution in [0.2, 0.25) is 0 Å². The molecule has 2 heterocycles. The number of hydrogen-bond donors (Lipinski definition) is 4. The lowest BCUT2D eigenvalue weighted by Gasteiger charge is -2.10. The lowest BCUT2D eigenvalue weighted by molar-refractivity contribution is -0.121. The summed E-state index contributed by atoms with van der Waals surface area (Å²) < 4.78 is 5.80. The quantitative estimate of drug-likeness (QED) is 0.211. The number of benzene rings is 2. The van der Waals surface area contributed by atoms with Crippen molar-refractivity contribution in [2.24, 2.45) is 0 Å². The van der Waals surface area contributed by atoms with E-state index in [0.717, 1.165) is 48.3 Å². The maximum atomic E-state index is 11.1. The fourth-order valence-corrected chi connectivity index (χ4v) is 3.45. The highest BCUT2D eigenvalue weighted by Crippen LogP contribution is 2.25. The Morgan fingerprint density at radius 1 is 0.912 bits per heavy atom. The third-order valence-corrected chi connectivity index (χ3v) is 5.23. The average molecular weight is 461 g/mol. The van der Waals surface area contributed by atoms with E-state index < -0.39 is 0 Å². The summed E-state index contributed by atoms with van der Waals surface area (Å²) >= 11 is 0. The number of aliphatic hydroxyl groups excluding tert-OH is 1. The first-order valence-electron chi connectivity index (χ1n) is 11.4. The van der Waals surface area contributed by atoms with Gasteiger partial charge in [0.15, 0.2) is 17.2 Å². The summed E-state index contributed by atoms with van der Waals surface area (Å²) in [5, 5.41) is 15.3. The van der Waals surface area contributed by atoms with Gasteiger partial charge in [-0.05, 0) is 49.2 Å². The van der Waals surface area contributed by atoms with Crippen molar-refractivity contribution in [3.05, 3.63) is 60.9 Å². The first-order valence-corrected chi connectivity index (χ1v) is 11.4. The van der Waals surface area contributed by atoms with Crippen LogP contribution in [0.4, 0.5) is 23.1 Å².